The molecule has 4 aromatic rings. The molecule has 13 heteroatoms. The fourth-order valence-electron chi connectivity index (χ4n) is 4.29. The second-order valence-electron chi connectivity index (χ2n) is 9.61. The van der Waals surface area contributed by atoms with Crippen LogP contribution in [0.25, 0.3) is 0 Å². The standard InChI is InChI=1S/C25H26ClFN6O5/c1-13(22-31-20(21(34)24(36)32(22)4)23(35)30-16-9-29-38-11-16)19(17-7-15(27)5-6-18(17)26)14-8-28-33(10-14)12-25(2,3)37/h5-11,13,19,34,37H,12H2,1-4H3,(H,30,35). The van der Waals surface area contributed by atoms with Crippen molar-refractivity contribution in [3.05, 3.63) is 86.9 Å². The SMILES string of the molecule is CC(c1nc(C(=O)Nc2cnoc2)c(O)c(=O)n1C)C(c1cnn(CC(C)(C)O)c1)c1cc(F)ccc1Cl. The summed E-state index contributed by atoms with van der Waals surface area (Å²) < 4.78 is 21.7. The number of nitrogens with zero attached hydrogens (tertiary/aromatic N) is 5. The maximum absolute atomic E-state index is 14.4. The zero-order chi connectivity index (χ0) is 27.8. The van der Waals surface area contributed by atoms with Crippen LogP contribution in [0.2, 0.25) is 5.02 Å². The van der Waals surface area contributed by atoms with Crippen LogP contribution in [0.15, 0.2) is 52.4 Å². The molecule has 1 aromatic carbocycles. The molecule has 4 rings (SSSR count). The molecular weight excluding hydrogens is 519 g/mol. The minimum atomic E-state index is -1.05. The lowest BCUT2D eigenvalue weighted by molar-refractivity contribution is 0.0577. The van der Waals surface area contributed by atoms with E-state index >= 15 is 0 Å². The summed E-state index contributed by atoms with van der Waals surface area (Å²) in [5, 5.41) is 31.2. The summed E-state index contributed by atoms with van der Waals surface area (Å²) in [6.45, 7) is 5.20. The van der Waals surface area contributed by atoms with Crippen LogP contribution in [0.4, 0.5) is 10.1 Å². The van der Waals surface area contributed by atoms with Crippen LogP contribution in [0.1, 0.15) is 60.0 Å². The van der Waals surface area contributed by atoms with E-state index in [1.807, 2.05) is 0 Å². The molecule has 3 N–H and O–H groups in total. The third-order valence-corrected chi connectivity index (χ3v) is 6.31. The number of anilines is 1. The molecular formula is C25H26ClFN6O5. The van der Waals surface area contributed by atoms with E-state index in [0.717, 1.165) is 4.57 Å². The largest absolute Gasteiger partial charge is 0.501 e. The number of carbonyl (C=O) groups is 1. The van der Waals surface area contributed by atoms with Crippen molar-refractivity contribution in [3.63, 3.8) is 0 Å². The molecule has 0 saturated carbocycles. The van der Waals surface area contributed by atoms with Gasteiger partial charge in [-0.15, -0.1) is 0 Å². The van der Waals surface area contributed by atoms with Crippen molar-refractivity contribution in [3.8, 4) is 5.75 Å². The average Bonchev–Trinajstić information content (AvgIpc) is 3.51. The van der Waals surface area contributed by atoms with Crippen molar-refractivity contribution in [2.45, 2.75) is 44.8 Å². The summed E-state index contributed by atoms with van der Waals surface area (Å²) in [6, 6.07) is 3.94. The number of nitrogens with one attached hydrogen (secondary N) is 1. The fourth-order valence-corrected chi connectivity index (χ4v) is 4.53. The lowest BCUT2D eigenvalue weighted by Gasteiger charge is -2.26. The van der Waals surface area contributed by atoms with Gasteiger partial charge in [0.2, 0.25) is 5.75 Å². The summed E-state index contributed by atoms with van der Waals surface area (Å²) in [5.74, 6) is -3.43. The Morgan fingerprint density at radius 1 is 1.32 bits per heavy atom. The minimum absolute atomic E-state index is 0.129. The maximum Gasteiger partial charge on any atom is 0.296 e. The van der Waals surface area contributed by atoms with Gasteiger partial charge in [-0.2, -0.15) is 5.10 Å². The topological polar surface area (TPSA) is 148 Å². The van der Waals surface area contributed by atoms with Gasteiger partial charge in [-0.3, -0.25) is 18.8 Å². The monoisotopic (exact) mass is 544 g/mol. The number of aromatic nitrogens is 5. The molecule has 0 aliphatic carbocycles. The molecule has 0 bridgehead atoms. The fraction of sp³-hybridized carbons (Fsp3) is 0.320. The Labute approximate surface area is 221 Å². The quantitative estimate of drug-likeness (QED) is 0.305. The molecule has 1 amide bonds. The smallest absolute Gasteiger partial charge is 0.296 e. The lowest BCUT2D eigenvalue weighted by atomic mass is 9.82. The van der Waals surface area contributed by atoms with Crippen LogP contribution in [-0.2, 0) is 13.6 Å². The summed E-state index contributed by atoms with van der Waals surface area (Å²) in [5.41, 5.74) is -1.19. The number of benzene rings is 1. The Kier molecular flexibility index (Phi) is 7.38. The number of rotatable bonds is 8. The van der Waals surface area contributed by atoms with Gasteiger partial charge in [0.25, 0.3) is 11.5 Å². The van der Waals surface area contributed by atoms with Crippen LogP contribution in [0.3, 0.4) is 0 Å². The number of aromatic hydroxyl groups is 1. The summed E-state index contributed by atoms with van der Waals surface area (Å²) in [4.78, 5) is 30.1. The molecule has 2 atom stereocenters. The van der Waals surface area contributed by atoms with E-state index < -0.39 is 46.2 Å². The van der Waals surface area contributed by atoms with Crippen molar-refractivity contribution in [2.24, 2.45) is 7.05 Å². The highest BCUT2D eigenvalue weighted by molar-refractivity contribution is 6.31. The molecule has 2 unspecified atom stereocenters. The van der Waals surface area contributed by atoms with E-state index in [1.165, 1.54) is 37.7 Å². The van der Waals surface area contributed by atoms with Crippen LogP contribution < -0.4 is 10.9 Å². The molecule has 0 radical (unpaired) electrons. The van der Waals surface area contributed by atoms with E-state index in [4.69, 9.17) is 11.6 Å². The van der Waals surface area contributed by atoms with Crippen LogP contribution in [0.5, 0.6) is 5.75 Å². The molecule has 0 spiro atoms. The van der Waals surface area contributed by atoms with Gasteiger partial charge in [-0.1, -0.05) is 23.7 Å². The van der Waals surface area contributed by atoms with Crippen molar-refractivity contribution in [2.75, 3.05) is 5.32 Å². The van der Waals surface area contributed by atoms with E-state index in [0.29, 0.717) is 11.1 Å². The predicted molar refractivity (Wildman–Crippen MR) is 136 cm³/mol. The summed E-state index contributed by atoms with van der Waals surface area (Å²) in [7, 11) is 1.41. The Bertz CT molecular complexity index is 1530. The van der Waals surface area contributed by atoms with Gasteiger partial charge in [0.1, 0.15) is 23.6 Å². The molecule has 200 valence electrons. The van der Waals surface area contributed by atoms with Gasteiger partial charge in [-0.05, 0) is 43.2 Å². The molecule has 3 heterocycles. The Balaban J connectivity index is 1.84. The molecule has 0 aliphatic heterocycles. The second-order valence-corrected chi connectivity index (χ2v) is 10.0. The first-order valence-electron chi connectivity index (χ1n) is 11.6. The number of aliphatic hydroxyl groups is 1. The molecule has 0 saturated heterocycles. The first-order chi connectivity index (χ1) is 17.9. The number of amides is 1. The van der Waals surface area contributed by atoms with Crippen LogP contribution in [-0.4, -0.2) is 46.2 Å². The average molecular weight is 545 g/mol. The van der Waals surface area contributed by atoms with Gasteiger partial charge in [0.05, 0.1) is 24.5 Å². The maximum atomic E-state index is 14.4. The number of hydrogen-bond acceptors (Lipinski definition) is 8. The Hall–Kier alpha value is -4.03. The zero-order valence-corrected chi connectivity index (χ0v) is 21.8. The van der Waals surface area contributed by atoms with Gasteiger partial charge in [0, 0.05) is 30.1 Å². The highest BCUT2D eigenvalue weighted by Crippen LogP contribution is 2.41. The van der Waals surface area contributed by atoms with Gasteiger partial charge in [-0.25, -0.2) is 9.37 Å². The van der Waals surface area contributed by atoms with E-state index in [1.54, 1.807) is 37.8 Å². The Morgan fingerprint density at radius 2 is 2.05 bits per heavy atom. The second kappa shape index (κ2) is 10.4. The predicted octanol–water partition coefficient (Wildman–Crippen LogP) is 3.42. The van der Waals surface area contributed by atoms with Gasteiger partial charge in [0.15, 0.2) is 5.69 Å². The zero-order valence-electron chi connectivity index (χ0n) is 21.0. The molecule has 11 nitrogen and oxygen atoms in total. The number of carbonyl (C=O) groups excluding carboxylic acids is 1. The number of halogens is 2. The van der Waals surface area contributed by atoms with Gasteiger partial charge >= 0.3 is 0 Å². The summed E-state index contributed by atoms with van der Waals surface area (Å²) in [6.07, 6.45) is 5.67. The van der Waals surface area contributed by atoms with Crippen molar-refractivity contribution in [1.82, 2.24) is 24.5 Å². The van der Waals surface area contributed by atoms with Gasteiger partial charge < -0.3 is 20.1 Å². The summed E-state index contributed by atoms with van der Waals surface area (Å²) >= 11 is 6.50. The third kappa shape index (κ3) is 5.60. The minimum Gasteiger partial charge on any atom is -0.501 e. The highest BCUT2D eigenvalue weighted by Gasteiger charge is 2.32. The third-order valence-electron chi connectivity index (χ3n) is 5.97. The van der Waals surface area contributed by atoms with Crippen LogP contribution in [0, 0.1) is 5.82 Å². The number of hydrogen-bond donors (Lipinski definition) is 3. The Morgan fingerprint density at radius 3 is 2.71 bits per heavy atom. The van der Waals surface area contributed by atoms with E-state index in [-0.39, 0.29) is 23.1 Å². The van der Waals surface area contributed by atoms with Crippen molar-refractivity contribution in [1.29, 1.82) is 0 Å². The molecule has 38 heavy (non-hydrogen) atoms. The van der Waals surface area contributed by atoms with E-state index in [9.17, 15) is 24.2 Å². The van der Waals surface area contributed by atoms with Crippen molar-refractivity contribution < 1.29 is 23.9 Å². The van der Waals surface area contributed by atoms with Crippen molar-refractivity contribution >= 4 is 23.2 Å². The molecule has 0 aliphatic rings. The highest BCUT2D eigenvalue weighted by atomic mass is 35.5. The normalized spacial score (nSPS) is 13.3. The van der Waals surface area contributed by atoms with Crippen LogP contribution >= 0.6 is 11.6 Å². The first kappa shape index (κ1) is 27.0. The van der Waals surface area contributed by atoms with E-state index in [2.05, 4.69) is 25.1 Å². The lowest BCUT2D eigenvalue weighted by Crippen LogP contribution is -2.29. The molecule has 3 aromatic heterocycles. The molecule has 0 fully saturated rings. The first-order valence-corrected chi connectivity index (χ1v) is 11.9.